The number of rotatable bonds is 4. The van der Waals surface area contributed by atoms with Crippen LogP contribution in [0, 0.1) is 12.8 Å². The molecule has 1 aliphatic heterocycles. The van der Waals surface area contributed by atoms with Crippen LogP contribution in [0.15, 0.2) is 23.4 Å². The zero-order valence-corrected chi connectivity index (χ0v) is 16.7. The average molecular weight is 384 g/mol. The number of aryl methyl sites for hydroxylation is 1. The molecule has 0 bridgehead atoms. The number of Topliss-reactive ketones (excluding diaryl/α,β-unsaturated/α-hetero) is 1. The van der Waals surface area contributed by atoms with Crippen LogP contribution < -0.4 is 19.5 Å². The molecule has 0 fully saturated rings. The van der Waals surface area contributed by atoms with E-state index in [4.69, 9.17) is 14.2 Å². The lowest BCUT2D eigenvalue weighted by molar-refractivity contribution is -0.117. The summed E-state index contributed by atoms with van der Waals surface area (Å²) in [6.07, 6.45) is 1.32. The lowest BCUT2D eigenvalue weighted by Crippen LogP contribution is -2.33. The summed E-state index contributed by atoms with van der Waals surface area (Å²) in [5.41, 5.74) is 2.48. The van der Waals surface area contributed by atoms with Crippen molar-refractivity contribution >= 4 is 11.7 Å². The van der Waals surface area contributed by atoms with E-state index in [1.165, 1.54) is 0 Å². The summed E-state index contributed by atoms with van der Waals surface area (Å²) < 4.78 is 18.2. The molecule has 2 unspecified atom stereocenters. The predicted octanol–water partition coefficient (Wildman–Crippen LogP) is 2.88. The number of carbonyl (C=O) groups is 1. The highest BCUT2D eigenvalue weighted by Gasteiger charge is 2.39. The van der Waals surface area contributed by atoms with E-state index in [0.29, 0.717) is 35.4 Å². The van der Waals surface area contributed by atoms with E-state index in [9.17, 15) is 4.79 Å². The van der Waals surface area contributed by atoms with Crippen LogP contribution in [-0.4, -0.2) is 41.9 Å². The largest absolute Gasteiger partial charge is 0.493 e. The Kier molecular flexibility index (Phi) is 4.49. The number of hydrogen-bond acceptors (Lipinski definition) is 7. The van der Waals surface area contributed by atoms with E-state index >= 15 is 0 Å². The Balaban J connectivity index is 1.95. The van der Waals surface area contributed by atoms with Crippen molar-refractivity contribution in [3.05, 3.63) is 34.8 Å². The van der Waals surface area contributed by atoms with E-state index in [1.807, 2.05) is 19.1 Å². The molecule has 28 heavy (non-hydrogen) atoms. The van der Waals surface area contributed by atoms with Gasteiger partial charge in [-0.25, -0.2) is 4.68 Å². The van der Waals surface area contributed by atoms with Crippen molar-refractivity contribution in [1.29, 1.82) is 0 Å². The summed E-state index contributed by atoms with van der Waals surface area (Å²) in [5.74, 6) is 3.27. The zero-order valence-electron chi connectivity index (χ0n) is 16.7. The maximum Gasteiger partial charge on any atom is 0.226 e. The van der Waals surface area contributed by atoms with Gasteiger partial charge in [0.2, 0.25) is 11.7 Å². The van der Waals surface area contributed by atoms with E-state index < -0.39 is 6.04 Å². The first-order valence-electron chi connectivity index (χ1n) is 9.23. The maximum atomic E-state index is 13.0. The molecule has 2 aromatic rings. The zero-order chi connectivity index (χ0) is 20.0. The number of nitrogens with zero attached hydrogens (tertiary/aromatic N) is 3. The van der Waals surface area contributed by atoms with Gasteiger partial charge in [0, 0.05) is 17.7 Å². The van der Waals surface area contributed by atoms with Crippen LogP contribution in [0.4, 0.5) is 5.95 Å². The van der Waals surface area contributed by atoms with Gasteiger partial charge in [-0.2, -0.15) is 10.1 Å². The van der Waals surface area contributed by atoms with Gasteiger partial charge in [0.25, 0.3) is 0 Å². The topological polar surface area (TPSA) is 87.5 Å². The maximum absolute atomic E-state index is 13.0. The molecule has 2 atom stereocenters. The highest BCUT2D eigenvalue weighted by atomic mass is 16.5. The summed E-state index contributed by atoms with van der Waals surface area (Å²) in [6.45, 7) is 3.92. The number of carbonyl (C=O) groups excluding carboxylic acids is 1. The minimum atomic E-state index is -0.402. The van der Waals surface area contributed by atoms with Gasteiger partial charge in [-0.1, -0.05) is 6.92 Å². The van der Waals surface area contributed by atoms with Crippen molar-refractivity contribution in [2.45, 2.75) is 32.7 Å². The third-order valence-corrected chi connectivity index (χ3v) is 5.23. The van der Waals surface area contributed by atoms with E-state index in [0.717, 1.165) is 23.3 Å². The molecule has 1 aliphatic carbocycles. The average Bonchev–Trinajstić information content (AvgIpc) is 3.04. The van der Waals surface area contributed by atoms with Crippen molar-refractivity contribution in [2.24, 2.45) is 5.92 Å². The molecule has 8 nitrogen and oxygen atoms in total. The van der Waals surface area contributed by atoms with Crippen molar-refractivity contribution in [2.75, 3.05) is 26.6 Å². The standard InChI is InChI=1S/C20H24N4O4/c1-10-6-13-17(14(25)7-10)18(24-20(22-13)21-11(2)23-24)12-8-15(26-3)19(28-5)16(9-12)27-4/h8-10,18H,6-7H2,1-5H3,(H,21,22,23). The molecule has 1 N–H and O–H groups in total. The lowest BCUT2D eigenvalue weighted by atomic mass is 9.81. The van der Waals surface area contributed by atoms with Crippen molar-refractivity contribution in [1.82, 2.24) is 14.8 Å². The molecule has 1 aromatic heterocycles. The number of ketones is 1. The number of allylic oxidation sites excluding steroid dienone is 2. The third kappa shape index (κ3) is 2.80. The summed E-state index contributed by atoms with van der Waals surface area (Å²) in [5, 5.41) is 7.87. The van der Waals surface area contributed by atoms with Crippen LogP contribution in [0.25, 0.3) is 0 Å². The summed E-state index contributed by atoms with van der Waals surface area (Å²) in [7, 11) is 4.72. The second-order valence-electron chi connectivity index (χ2n) is 7.24. The van der Waals surface area contributed by atoms with Gasteiger partial charge in [0.15, 0.2) is 17.3 Å². The first kappa shape index (κ1) is 18.3. The highest BCUT2D eigenvalue weighted by Crippen LogP contribution is 2.46. The summed E-state index contributed by atoms with van der Waals surface area (Å²) in [4.78, 5) is 17.5. The second kappa shape index (κ2) is 6.85. The number of benzene rings is 1. The normalized spacial score (nSPS) is 21.0. The number of methoxy groups -OCH3 is 3. The molecule has 0 radical (unpaired) electrons. The molecule has 0 saturated heterocycles. The SMILES string of the molecule is COc1cc(C2C3=C(CC(C)CC3=O)Nc3nc(C)nn32)cc(OC)c1OC. The van der Waals surface area contributed by atoms with Crippen molar-refractivity contribution in [3.63, 3.8) is 0 Å². The molecule has 2 heterocycles. The van der Waals surface area contributed by atoms with Crippen LogP contribution in [0.1, 0.15) is 37.2 Å². The number of hydrogen-bond donors (Lipinski definition) is 1. The van der Waals surface area contributed by atoms with Gasteiger partial charge in [-0.3, -0.25) is 4.79 Å². The molecule has 0 saturated carbocycles. The number of aromatic nitrogens is 3. The van der Waals surface area contributed by atoms with E-state index in [-0.39, 0.29) is 11.7 Å². The van der Waals surface area contributed by atoms with Crippen LogP contribution >= 0.6 is 0 Å². The summed E-state index contributed by atoms with van der Waals surface area (Å²) in [6, 6.07) is 3.34. The van der Waals surface area contributed by atoms with E-state index in [1.54, 1.807) is 26.0 Å². The Morgan fingerprint density at radius 2 is 1.79 bits per heavy atom. The lowest BCUT2D eigenvalue weighted by Gasteiger charge is -2.34. The quantitative estimate of drug-likeness (QED) is 0.867. The monoisotopic (exact) mass is 384 g/mol. The van der Waals surface area contributed by atoms with Crippen LogP contribution in [-0.2, 0) is 4.79 Å². The molecule has 4 rings (SSSR count). The predicted molar refractivity (Wildman–Crippen MR) is 103 cm³/mol. The number of fused-ring (bicyclic) bond motifs is 1. The second-order valence-corrected chi connectivity index (χ2v) is 7.24. The molecular formula is C20H24N4O4. The number of nitrogens with one attached hydrogen (secondary N) is 1. The van der Waals surface area contributed by atoms with Crippen molar-refractivity contribution < 1.29 is 19.0 Å². The molecule has 1 aromatic carbocycles. The molecule has 148 valence electrons. The first-order valence-corrected chi connectivity index (χ1v) is 9.23. The Morgan fingerprint density at radius 3 is 2.39 bits per heavy atom. The van der Waals surface area contributed by atoms with Gasteiger partial charge >= 0.3 is 0 Å². The molecule has 0 spiro atoms. The Morgan fingerprint density at radius 1 is 1.11 bits per heavy atom. The molecule has 8 heteroatoms. The minimum Gasteiger partial charge on any atom is -0.493 e. The fraction of sp³-hybridized carbons (Fsp3) is 0.450. The number of ether oxygens (including phenoxy) is 3. The van der Waals surface area contributed by atoms with Gasteiger partial charge < -0.3 is 19.5 Å². The highest BCUT2D eigenvalue weighted by molar-refractivity contribution is 5.99. The van der Waals surface area contributed by atoms with Gasteiger partial charge in [0.1, 0.15) is 11.9 Å². The van der Waals surface area contributed by atoms with Gasteiger partial charge in [-0.15, -0.1) is 0 Å². The Hall–Kier alpha value is -3.03. The summed E-state index contributed by atoms with van der Waals surface area (Å²) >= 11 is 0. The van der Waals surface area contributed by atoms with Gasteiger partial charge in [-0.05, 0) is 37.0 Å². The molecular weight excluding hydrogens is 360 g/mol. The van der Waals surface area contributed by atoms with E-state index in [2.05, 4.69) is 22.3 Å². The van der Waals surface area contributed by atoms with Crippen LogP contribution in [0.5, 0.6) is 17.2 Å². The third-order valence-electron chi connectivity index (χ3n) is 5.23. The fourth-order valence-corrected chi connectivity index (χ4v) is 4.08. The number of anilines is 1. The van der Waals surface area contributed by atoms with Crippen LogP contribution in [0.2, 0.25) is 0 Å². The van der Waals surface area contributed by atoms with Crippen LogP contribution in [0.3, 0.4) is 0 Å². The first-order chi connectivity index (χ1) is 13.5. The molecule has 2 aliphatic rings. The van der Waals surface area contributed by atoms with Gasteiger partial charge in [0.05, 0.1) is 21.3 Å². The smallest absolute Gasteiger partial charge is 0.226 e. The van der Waals surface area contributed by atoms with Crippen molar-refractivity contribution in [3.8, 4) is 17.2 Å². The minimum absolute atomic E-state index is 0.124. The fourth-order valence-electron chi connectivity index (χ4n) is 4.08. The molecule has 0 amide bonds. The Labute approximate surface area is 163 Å². The Bertz CT molecular complexity index is 954.